The average Bonchev–Trinajstić information content (AvgIpc) is 3.79. The molecule has 16 heteroatoms. The van der Waals surface area contributed by atoms with Crippen LogP contribution in [0.5, 0.6) is 6.01 Å². The molecule has 0 bridgehead atoms. The largest absolute Gasteiger partial charge is 0.465 e. The van der Waals surface area contributed by atoms with E-state index in [2.05, 4.69) is 19.9 Å². The highest BCUT2D eigenvalue weighted by Crippen LogP contribution is 2.42. The van der Waals surface area contributed by atoms with Gasteiger partial charge in [-0.2, -0.15) is 9.97 Å². The molecule has 11 nitrogen and oxygen atoms in total. The van der Waals surface area contributed by atoms with Gasteiger partial charge in [0.1, 0.15) is 41.8 Å². The number of anilines is 1. The van der Waals surface area contributed by atoms with Crippen LogP contribution in [0.4, 0.5) is 28.2 Å². The number of halogens is 5. The highest BCUT2D eigenvalue weighted by molar-refractivity contribution is 6.36. The molecule has 4 aliphatic heterocycles. The number of nitrogens with zero attached hydrogens (tertiary/aromatic N) is 7. The Hall–Kier alpha value is -4.76. The molecule has 4 aliphatic rings. The summed E-state index contributed by atoms with van der Waals surface area (Å²) in [5.41, 5.74) is -0.653. The standard InChI is InChI=1S/C37H36ClF4N7O4/c1-46(27-18-47(17-26(27)41)28(50)9-7-22-10-13-49(22)36(51)52)34-24-15-43-32(23-5-2-4-20-6-8-25(40)30(38)29(20)23)31(42)33(24)44-35(45-34)53-19-37-11-3-12-48(37)16-21(39)14-37/h2,4-9,15,21-22,26-27H,3,10-14,16-19H2,1H3,(H,51,52)/b9-7+/t21-,22+,26+,27+,37+/m1/s1. The van der Waals surface area contributed by atoms with E-state index < -0.39 is 53.6 Å². The summed E-state index contributed by atoms with van der Waals surface area (Å²) in [6.45, 7) is 1.20. The Labute approximate surface area is 306 Å². The summed E-state index contributed by atoms with van der Waals surface area (Å²) in [6.07, 6.45) is 3.00. The molecular weight excluding hydrogens is 718 g/mol. The first kappa shape index (κ1) is 35.3. The van der Waals surface area contributed by atoms with Gasteiger partial charge in [0, 0.05) is 56.3 Å². The molecule has 8 rings (SSSR count). The normalized spacial score (nSPS) is 25.8. The zero-order valence-corrected chi connectivity index (χ0v) is 29.4. The number of likely N-dealkylation sites (tertiary alicyclic amines) is 2. The number of fused-ring (bicyclic) bond motifs is 3. The predicted octanol–water partition coefficient (Wildman–Crippen LogP) is 6.03. The zero-order valence-electron chi connectivity index (χ0n) is 28.7. The van der Waals surface area contributed by atoms with Gasteiger partial charge in [0.05, 0.1) is 34.6 Å². The summed E-state index contributed by atoms with van der Waals surface area (Å²) in [5, 5.41) is 10.1. The van der Waals surface area contributed by atoms with E-state index in [-0.39, 0.29) is 70.5 Å². The summed E-state index contributed by atoms with van der Waals surface area (Å²) < 4.78 is 68.0. The number of likely N-dealkylation sites (N-methyl/N-ethyl adjacent to an activating group) is 1. The van der Waals surface area contributed by atoms with Gasteiger partial charge in [0.2, 0.25) is 5.91 Å². The van der Waals surface area contributed by atoms with Crippen molar-refractivity contribution >= 4 is 51.1 Å². The van der Waals surface area contributed by atoms with Crippen molar-refractivity contribution in [3.8, 4) is 17.3 Å². The molecule has 53 heavy (non-hydrogen) atoms. The molecule has 5 atom stereocenters. The molecule has 2 aromatic carbocycles. The zero-order chi connectivity index (χ0) is 37.2. The molecular formula is C37H36ClF4N7O4. The van der Waals surface area contributed by atoms with Crippen LogP contribution in [-0.4, -0.2) is 123 Å². The molecule has 4 aromatic rings. The molecule has 0 radical (unpaired) electrons. The number of carboxylic acid groups (broad SMARTS) is 1. The Morgan fingerprint density at radius 3 is 2.74 bits per heavy atom. The first-order valence-electron chi connectivity index (χ1n) is 17.5. The van der Waals surface area contributed by atoms with Gasteiger partial charge >= 0.3 is 12.1 Å². The van der Waals surface area contributed by atoms with Crippen molar-refractivity contribution in [3.05, 3.63) is 65.3 Å². The van der Waals surface area contributed by atoms with E-state index in [4.69, 9.17) is 16.3 Å². The van der Waals surface area contributed by atoms with Crippen molar-refractivity contribution in [2.24, 2.45) is 0 Å². The second-order valence-electron chi connectivity index (χ2n) is 14.3. The lowest BCUT2D eigenvalue weighted by Crippen LogP contribution is -2.49. The number of hydrogen-bond donors (Lipinski definition) is 1. The Kier molecular flexibility index (Phi) is 9.04. The van der Waals surface area contributed by atoms with Crippen LogP contribution >= 0.6 is 11.6 Å². The van der Waals surface area contributed by atoms with Gasteiger partial charge < -0.3 is 24.5 Å². The monoisotopic (exact) mass is 753 g/mol. The van der Waals surface area contributed by atoms with Crippen molar-refractivity contribution < 1.29 is 37.0 Å². The number of alkyl halides is 2. The number of aromatic nitrogens is 3. The van der Waals surface area contributed by atoms with Gasteiger partial charge in [-0.3, -0.25) is 14.7 Å². The second-order valence-corrected chi connectivity index (χ2v) is 14.6. The summed E-state index contributed by atoms with van der Waals surface area (Å²) in [6, 6.07) is 6.21. The van der Waals surface area contributed by atoms with E-state index in [1.807, 2.05) is 0 Å². The maximum absolute atomic E-state index is 16.8. The molecule has 2 amide bonds. The quantitative estimate of drug-likeness (QED) is 0.170. The van der Waals surface area contributed by atoms with Crippen LogP contribution in [0.2, 0.25) is 5.02 Å². The van der Waals surface area contributed by atoms with Crippen molar-refractivity contribution in [1.29, 1.82) is 0 Å². The smallest absolute Gasteiger partial charge is 0.407 e. The van der Waals surface area contributed by atoms with E-state index >= 15 is 8.78 Å². The van der Waals surface area contributed by atoms with Crippen LogP contribution in [0.25, 0.3) is 32.9 Å². The van der Waals surface area contributed by atoms with Crippen LogP contribution in [0, 0.1) is 11.6 Å². The molecule has 0 saturated carbocycles. The predicted molar refractivity (Wildman–Crippen MR) is 190 cm³/mol. The minimum atomic E-state index is -1.53. The van der Waals surface area contributed by atoms with E-state index in [9.17, 15) is 23.5 Å². The average molecular weight is 754 g/mol. The second kappa shape index (κ2) is 13.6. The highest BCUT2D eigenvalue weighted by atomic mass is 35.5. The summed E-state index contributed by atoms with van der Waals surface area (Å²) >= 11 is 6.38. The van der Waals surface area contributed by atoms with Crippen LogP contribution < -0.4 is 9.64 Å². The third-order valence-corrected chi connectivity index (χ3v) is 11.6. The Balaban J connectivity index is 1.15. The summed E-state index contributed by atoms with van der Waals surface area (Å²) in [4.78, 5) is 44.0. The third-order valence-electron chi connectivity index (χ3n) is 11.2. The number of ether oxygens (including phenoxy) is 1. The van der Waals surface area contributed by atoms with E-state index in [1.54, 1.807) is 25.2 Å². The maximum atomic E-state index is 16.8. The van der Waals surface area contributed by atoms with Gasteiger partial charge in [0.25, 0.3) is 0 Å². The van der Waals surface area contributed by atoms with Crippen molar-refractivity contribution in [1.82, 2.24) is 29.7 Å². The van der Waals surface area contributed by atoms with E-state index in [0.29, 0.717) is 31.3 Å². The lowest BCUT2D eigenvalue weighted by atomic mass is 9.95. The number of benzene rings is 2. The van der Waals surface area contributed by atoms with Crippen LogP contribution in [0.1, 0.15) is 25.7 Å². The lowest BCUT2D eigenvalue weighted by molar-refractivity contribution is -0.125. The number of amides is 2. The molecule has 4 saturated heterocycles. The number of carbonyl (C=O) groups is 2. The molecule has 0 aliphatic carbocycles. The highest BCUT2D eigenvalue weighted by Gasteiger charge is 2.49. The fourth-order valence-corrected chi connectivity index (χ4v) is 8.56. The molecule has 0 unspecified atom stereocenters. The van der Waals surface area contributed by atoms with Crippen LogP contribution in [-0.2, 0) is 4.79 Å². The summed E-state index contributed by atoms with van der Waals surface area (Å²) in [7, 11) is 1.58. The SMILES string of the molecule is CN(c1nc(OC[C@@]23CCCN2C[C@H](F)C3)nc2c(F)c(-c3cccc4ccc(F)c(Cl)c34)ncc12)[C@H]1CN(C(=O)/C=C/[C@H]2CCN2C(=O)O)C[C@@H]1F. The third kappa shape index (κ3) is 6.16. The fourth-order valence-electron chi connectivity index (χ4n) is 8.29. The van der Waals surface area contributed by atoms with Gasteiger partial charge in [-0.25, -0.2) is 22.4 Å². The van der Waals surface area contributed by atoms with E-state index in [0.717, 1.165) is 13.0 Å². The van der Waals surface area contributed by atoms with Gasteiger partial charge in [0.15, 0.2) is 5.82 Å². The molecule has 0 spiro atoms. The first-order chi connectivity index (χ1) is 25.4. The first-order valence-corrected chi connectivity index (χ1v) is 17.9. The summed E-state index contributed by atoms with van der Waals surface area (Å²) in [5.74, 6) is -1.91. The van der Waals surface area contributed by atoms with Crippen molar-refractivity contribution in [2.45, 2.75) is 55.6 Å². The molecule has 278 valence electrons. The maximum Gasteiger partial charge on any atom is 0.407 e. The van der Waals surface area contributed by atoms with E-state index in [1.165, 1.54) is 45.2 Å². The van der Waals surface area contributed by atoms with Crippen molar-refractivity contribution in [2.75, 3.05) is 51.3 Å². The van der Waals surface area contributed by atoms with Crippen LogP contribution in [0.15, 0.2) is 48.7 Å². The number of carbonyl (C=O) groups excluding carboxylic acids is 1. The molecule has 6 heterocycles. The Morgan fingerprint density at radius 2 is 1.96 bits per heavy atom. The minimum Gasteiger partial charge on any atom is -0.465 e. The molecule has 1 N–H and O–H groups in total. The van der Waals surface area contributed by atoms with Gasteiger partial charge in [-0.05, 0) is 37.3 Å². The van der Waals surface area contributed by atoms with Gasteiger partial charge in [-0.15, -0.1) is 0 Å². The number of pyridine rings is 1. The minimum absolute atomic E-state index is 0.0418. The van der Waals surface area contributed by atoms with Gasteiger partial charge in [-0.1, -0.05) is 41.9 Å². The molecule has 4 fully saturated rings. The Bertz CT molecular complexity index is 2160. The molecule has 2 aromatic heterocycles. The topological polar surface area (TPSA) is 115 Å². The number of hydrogen-bond acceptors (Lipinski definition) is 8. The number of rotatable bonds is 8. The lowest BCUT2D eigenvalue weighted by Gasteiger charge is -2.36. The van der Waals surface area contributed by atoms with Crippen molar-refractivity contribution in [3.63, 3.8) is 0 Å². The fraction of sp³-hybridized carbons (Fsp3) is 0.432. The Morgan fingerprint density at radius 1 is 1.13 bits per heavy atom. The van der Waals surface area contributed by atoms with Crippen LogP contribution in [0.3, 0.4) is 0 Å².